The minimum Gasteiger partial charge on any atom is -0.476 e. The van der Waals surface area contributed by atoms with Crippen molar-refractivity contribution >= 4 is 5.91 Å². The van der Waals surface area contributed by atoms with Crippen LogP contribution in [0.1, 0.15) is 16.1 Å². The molecule has 0 fully saturated rings. The summed E-state index contributed by atoms with van der Waals surface area (Å²) in [5.41, 5.74) is -0.725. The van der Waals surface area contributed by atoms with Crippen molar-refractivity contribution in [3.63, 3.8) is 0 Å². The van der Waals surface area contributed by atoms with Crippen LogP contribution < -0.4 is 10.1 Å². The third-order valence-corrected chi connectivity index (χ3v) is 2.37. The van der Waals surface area contributed by atoms with E-state index < -0.39 is 17.6 Å². The van der Waals surface area contributed by atoms with E-state index in [0.717, 1.165) is 12.1 Å². The number of carbonyl (C=O) groups is 1. The fourth-order valence-electron chi connectivity index (χ4n) is 1.37. The van der Waals surface area contributed by atoms with Crippen molar-refractivity contribution in [3.8, 4) is 5.88 Å². The molecule has 0 aliphatic carbocycles. The first-order valence-corrected chi connectivity index (χ1v) is 5.81. The second kappa shape index (κ2) is 6.25. The van der Waals surface area contributed by atoms with Crippen molar-refractivity contribution in [2.75, 3.05) is 13.2 Å². The van der Waals surface area contributed by atoms with Crippen LogP contribution in [0.2, 0.25) is 0 Å². The van der Waals surface area contributed by atoms with Gasteiger partial charge in [0.2, 0.25) is 5.88 Å². The third kappa shape index (κ3) is 4.20. The van der Waals surface area contributed by atoms with Crippen LogP contribution in [0.4, 0.5) is 13.2 Å². The van der Waals surface area contributed by atoms with Crippen molar-refractivity contribution in [2.24, 2.45) is 0 Å². The van der Waals surface area contributed by atoms with E-state index in [1.54, 1.807) is 0 Å². The number of hydrogen-bond donors (Lipinski definition) is 1. The molecule has 0 bridgehead atoms. The molecule has 9 heteroatoms. The number of hydrogen-bond acceptors (Lipinski definition) is 5. The van der Waals surface area contributed by atoms with E-state index in [-0.39, 0.29) is 24.7 Å². The van der Waals surface area contributed by atoms with Crippen LogP contribution in [0.25, 0.3) is 0 Å². The van der Waals surface area contributed by atoms with Gasteiger partial charge in [-0.3, -0.25) is 4.79 Å². The van der Waals surface area contributed by atoms with Crippen LogP contribution >= 0.6 is 0 Å². The Bertz CT molecular complexity index is 582. The molecule has 0 unspecified atom stereocenters. The molecule has 0 aliphatic rings. The molecule has 2 aromatic rings. The van der Waals surface area contributed by atoms with Crippen LogP contribution in [0.15, 0.2) is 35.2 Å². The molecule has 2 rings (SSSR count). The number of nitrogens with zero attached hydrogens (tertiary/aromatic N) is 2. The summed E-state index contributed by atoms with van der Waals surface area (Å²) < 4.78 is 46.5. The molecule has 1 N–H and O–H groups in total. The normalized spacial score (nSPS) is 11.2. The maximum atomic E-state index is 12.3. The highest BCUT2D eigenvalue weighted by atomic mass is 19.4. The first-order chi connectivity index (χ1) is 9.97. The Hall–Kier alpha value is -2.58. The van der Waals surface area contributed by atoms with Crippen molar-refractivity contribution in [3.05, 3.63) is 41.9 Å². The Balaban J connectivity index is 1.75. The molecular weight excluding hydrogens is 291 g/mol. The molecule has 0 atom stereocenters. The van der Waals surface area contributed by atoms with Gasteiger partial charge >= 0.3 is 6.18 Å². The second-order valence-corrected chi connectivity index (χ2v) is 3.87. The number of alkyl halides is 3. The third-order valence-electron chi connectivity index (χ3n) is 2.37. The number of nitrogens with one attached hydrogen (secondary N) is 1. The maximum absolute atomic E-state index is 12.3. The lowest BCUT2D eigenvalue weighted by Gasteiger charge is -2.08. The summed E-state index contributed by atoms with van der Waals surface area (Å²) in [5, 5.41) is 5.94. The Morgan fingerprint density at radius 3 is 2.71 bits per heavy atom. The molecule has 2 aromatic heterocycles. The van der Waals surface area contributed by atoms with Gasteiger partial charge in [0.15, 0.2) is 5.69 Å². The van der Waals surface area contributed by atoms with Crippen molar-refractivity contribution in [1.29, 1.82) is 0 Å². The predicted octanol–water partition coefficient (Wildman–Crippen LogP) is 1.90. The number of rotatable bonds is 5. The number of halogens is 3. The van der Waals surface area contributed by atoms with Gasteiger partial charge in [0.05, 0.1) is 12.1 Å². The van der Waals surface area contributed by atoms with Gasteiger partial charge in [-0.25, -0.2) is 4.98 Å². The highest BCUT2D eigenvalue weighted by Crippen LogP contribution is 2.29. The van der Waals surface area contributed by atoms with Gasteiger partial charge in [-0.05, 0) is 6.07 Å². The van der Waals surface area contributed by atoms with Crippen molar-refractivity contribution < 1.29 is 27.2 Å². The minimum atomic E-state index is -4.43. The molecule has 0 radical (unpaired) electrons. The highest BCUT2D eigenvalue weighted by molar-refractivity contribution is 5.91. The minimum absolute atomic E-state index is 0.0404. The van der Waals surface area contributed by atoms with E-state index in [2.05, 4.69) is 20.0 Å². The molecule has 21 heavy (non-hydrogen) atoms. The lowest BCUT2D eigenvalue weighted by molar-refractivity contribution is -0.137. The molecular formula is C12H10F3N3O3. The lowest BCUT2D eigenvalue weighted by atomic mass is 10.3. The van der Waals surface area contributed by atoms with Crippen molar-refractivity contribution in [2.45, 2.75) is 6.18 Å². The van der Waals surface area contributed by atoms with Crippen LogP contribution in [0.3, 0.4) is 0 Å². The molecule has 0 saturated carbocycles. The van der Waals surface area contributed by atoms with E-state index in [1.807, 2.05) is 0 Å². The molecule has 6 nitrogen and oxygen atoms in total. The molecule has 0 saturated heterocycles. The first-order valence-electron chi connectivity index (χ1n) is 5.81. The van der Waals surface area contributed by atoms with Crippen LogP contribution in [-0.2, 0) is 6.18 Å². The van der Waals surface area contributed by atoms with Crippen LogP contribution in [0.5, 0.6) is 5.88 Å². The topological polar surface area (TPSA) is 77.2 Å². The molecule has 112 valence electrons. The van der Waals surface area contributed by atoms with Gasteiger partial charge in [-0.15, -0.1) is 0 Å². The second-order valence-electron chi connectivity index (χ2n) is 3.87. The summed E-state index contributed by atoms with van der Waals surface area (Å²) in [4.78, 5) is 15.0. The summed E-state index contributed by atoms with van der Waals surface area (Å²) in [5.74, 6) is -0.397. The van der Waals surface area contributed by atoms with Gasteiger partial charge in [-0.1, -0.05) is 5.16 Å². The molecule has 2 heterocycles. The first kappa shape index (κ1) is 14.8. The van der Waals surface area contributed by atoms with E-state index >= 15 is 0 Å². The number of aromatic nitrogens is 2. The van der Waals surface area contributed by atoms with E-state index in [0.29, 0.717) is 6.20 Å². The quantitative estimate of drug-likeness (QED) is 0.853. The largest absolute Gasteiger partial charge is 0.476 e. The fraction of sp³-hybridized carbons (Fsp3) is 0.250. The lowest BCUT2D eigenvalue weighted by Crippen LogP contribution is -2.28. The number of ether oxygens (including phenoxy) is 1. The van der Waals surface area contributed by atoms with Gasteiger partial charge in [0, 0.05) is 18.3 Å². The summed E-state index contributed by atoms with van der Waals surface area (Å²) >= 11 is 0. The maximum Gasteiger partial charge on any atom is 0.417 e. The Morgan fingerprint density at radius 1 is 1.33 bits per heavy atom. The van der Waals surface area contributed by atoms with Crippen molar-refractivity contribution in [1.82, 2.24) is 15.5 Å². The summed E-state index contributed by atoms with van der Waals surface area (Å²) in [6, 6.07) is 3.38. The smallest absolute Gasteiger partial charge is 0.417 e. The molecule has 1 amide bonds. The number of pyridine rings is 1. The van der Waals surface area contributed by atoms with Crippen LogP contribution in [-0.4, -0.2) is 29.2 Å². The van der Waals surface area contributed by atoms with E-state index in [1.165, 1.54) is 12.3 Å². The zero-order chi connectivity index (χ0) is 15.3. The van der Waals surface area contributed by atoms with Gasteiger partial charge in [0.25, 0.3) is 5.91 Å². The average Bonchev–Trinajstić information content (AvgIpc) is 2.97. The highest BCUT2D eigenvalue weighted by Gasteiger charge is 2.30. The van der Waals surface area contributed by atoms with Gasteiger partial charge < -0.3 is 14.6 Å². The molecule has 0 aliphatic heterocycles. The Kier molecular flexibility index (Phi) is 4.41. The fourth-order valence-corrected chi connectivity index (χ4v) is 1.37. The predicted molar refractivity (Wildman–Crippen MR) is 63.6 cm³/mol. The summed E-state index contributed by atoms with van der Waals surface area (Å²) in [6.45, 7) is 0.205. The summed E-state index contributed by atoms with van der Waals surface area (Å²) in [6.07, 6.45) is -2.49. The SMILES string of the molecule is O=C(NCCOc1ccc(C(F)(F)F)cn1)c1ccon1. The monoisotopic (exact) mass is 301 g/mol. The Morgan fingerprint density at radius 2 is 2.14 bits per heavy atom. The zero-order valence-electron chi connectivity index (χ0n) is 10.6. The van der Waals surface area contributed by atoms with Gasteiger partial charge in [0.1, 0.15) is 12.9 Å². The van der Waals surface area contributed by atoms with E-state index in [9.17, 15) is 18.0 Å². The molecule has 0 spiro atoms. The zero-order valence-corrected chi connectivity index (χ0v) is 10.6. The average molecular weight is 301 g/mol. The van der Waals surface area contributed by atoms with Crippen LogP contribution in [0, 0.1) is 0 Å². The van der Waals surface area contributed by atoms with Gasteiger partial charge in [-0.2, -0.15) is 13.2 Å². The Labute approximate surface area is 116 Å². The van der Waals surface area contributed by atoms with E-state index in [4.69, 9.17) is 4.74 Å². The standard InChI is InChI=1S/C12H10F3N3O3/c13-12(14,15)8-1-2-10(17-7-8)20-6-4-16-11(19)9-3-5-21-18-9/h1-3,5,7H,4,6H2,(H,16,19). The summed E-state index contributed by atoms with van der Waals surface area (Å²) in [7, 11) is 0. The number of carbonyl (C=O) groups excluding carboxylic acids is 1. The molecule has 0 aromatic carbocycles. The number of amides is 1.